The van der Waals surface area contributed by atoms with Crippen LogP contribution in [0.1, 0.15) is 18.5 Å². The third-order valence-electron chi connectivity index (χ3n) is 5.19. The molecule has 8 heteroatoms. The van der Waals surface area contributed by atoms with Crippen molar-refractivity contribution in [1.82, 2.24) is 19.7 Å². The zero-order chi connectivity index (χ0) is 20.1. The maximum absolute atomic E-state index is 9.44. The summed E-state index contributed by atoms with van der Waals surface area (Å²) in [7, 11) is 1.65. The zero-order valence-electron chi connectivity index (χ0n) is 16.5. The molecule has 2 aromatic heterocycles. The molecule has 3 heterocycles. The Morgan fingerprint density at radius 3 is 2.86 bits per heavy atom. The van der Waals surface area contributed by atoms with Gasteiger partial charge in [0.05, 0.1) is 25.0 Å². The predicted molar refractivity (Wildman–Crippen MR) is 111 cm³/mol. The van der Waals surface area contributed by atoms with E-state index < -0.39 is 0 Å². The Hall–Kier alpha value is -3.13. The lowest BCUT2D eigenvalue weighted by atomic mass is 9.99. The largest absolute Gasteiger partial charge is 0.497 e. The van der Waals surface area contributed by atoms with Crippen LogP contribution in [0.15, 0.2) is 48.9 Å². The van der Waals surface area contributed by atoms with Crippen molar-refractivity contribution in [2.45, 2.75) is 19.4 Å². The van der Waals surface area contributed by atoms with Crippen molar-refractivity contribution in [2.24, 2.45) is 5.92 Å². The maximum atomic E-state index is 9.44. The molecular formula is C21H26N6O2. The van der Waals surface area contributed by atoms with E-state index in [0.29, 0.717) is 12.5 Å². The standard InChI is InChI=1S/C21H26N6O2/c1-29-19-6-4-18(5-7-19)27-10-8-17(25-27)12-22-20-11-21(24-15-23-20)26-9-2-3-16(13-26)14-28/h4-8,10-11,15-16,28H,2-3,9,12-14H2,1H3,(H,22,23,24). The molecular weight excluding hydrogens is 368 g/mol. The number of ether oxygens (including phenoxy) is 1. The minimum absolute atomic E-state index is 0.226. The molecule has 29 heavy (non-hydrogen) atoms. The van der Waals surface area contributed by atoms with E-state index in [1.165, 1.54) is 0 Å². The Labute approximate surface area is 170 Å². The first-order valence-corrected chi connectivity index (χ1v) is 9.86. The number of aliphatic hydroxyl groups excluding tert-OH is 1. The number of nitrogens with one attached hydrogen (secondary N) is 1. The first kappa shape index (κ1) is 19.2. The molecule has 152 valence electrons. The van der Waals surface area contributed by atoms with E-state index in [4.69, 9.17) is 4.74 Å². The number of benzene rings is 1. The molecule has 1 aliphatic heterocycles. The average molecular weight is 394 g/mol. The van der Waals surface area contributed by atoms with Crippen molar-refractivity contribution in [3.63, 3.8) is 0 Å². The zero-order valence-corrected chi connectivity index (χ0v) is 16.5. The number of hydrogen-bond acceptors (Lipinski definition) is 7. The highest BCUT2D eigenvalue weighted by molar-refractivity contribution is 5.49. The molecule has 0 amide bonds. The summed E-state index contributed by atoms with van der Waals surface area (Å²) in [6.45, 7) is 2.58. The Kier molecular flexibility index (Phi) is 5.90. The minimum Gasteiger partial charge on any atom is -0.497 e. The monoisotopic (exact) mass is 394 g/mol. The molecule has 1 atom stereocenters. The van der Waals surface area contributed by atoms with Crippen LogP contribution in [0, 0.1) is 5.92 Å². The van der Waals surface area contributed by atoms with Gasteiger partial charge in [-0.15, -0.1) is 0 Å². The van der Waals surface area contributed by atoms with Crippen LogP contribution in [0.25, 0.3) is 5.69 Å². The maximum Gasteiger partial charge on any atom is 0.134 e. The summed E-state index contributed by atoms with van der Waals surface area (Å²) in [6, 6.07) is 11.7. The summed E-state index contributed by atoms with van der Waals surface area (Å²) in [5.74, 6) is 2.79. The second kappa shape index (κ2) is 8.91. The van der Waals surface area contributed by atoms with Crippen LogP contribution in [0.2, 0.25) is 0 Å². The normalized spacial score (nSPS) is 16.6. The fraction of sp³-hybridized carbons (Fsp3) is 0.381. The molecule has 0 radical (unpaired) electrons. The number of piperidine rings is 1. The van der Waals surface area contributed by atoms with Crippen molar-refractivity contribution >= 4 is 11.6 Å². The van der Waals surface area contributed by atoms with Crippen molar-refractivity contribution in [1.29, 1.82) is 0 Å². The Morgan fingerprint density at radius 2 is 2.07 bits per heavy atom. The fourth-order valence-electron chi connectivity index (χ4n) is 3.55. The molecule has 0 saturated carbocycles. The van der Waals surface area contributed by atoms with E-state index in [-0.39, 0.29) is 6.61 Å². The number of rotatable bonds is 7. The minimum atomic E-state index is 0.226. The summed E-state index contributed by atoms with van der Waals surface area (Å²) < 4.78 is 7.03. The van der Waals surface area contributed by atoms with Crippen molar-refractivity contribution in [3.8, 4) is 11.4 Å². The van der Waals surface area contributed by atoms with Crippen LogP contribution in [0.3, 0.4) is 0 Å². The summed E-state index contributed by atoms with van der Waals surface area (Å²) in [5, 5.41) is 17.4. The molecule has 1 aliphatic rings. The quantitative estimate of drug-likeness (QED) is 0.636. The lowest BCUT2D eigenvalue weighted by molar-refractivity contribution is 0.208. The van der Waals surface area contributed by atoms with Gasteiger partial charge >= 0.3 is 0 Å². The van der Waals surface area contributed by atoms with Crippen LogP contribution in [-0.4, -0.2) is 51.7 Å². The van der Waals surface area contributed by atoms with Gasteiger partial charge in [-0.25, -0.2) is 14.6 Å². The van der Waals surface area contributed by atoms with Gasteiger partial charge in [-0.2, -0.15) is 5.10 Å². The summed E-state index contributed by atoms with van der Waals surface area (Å²) in [4.78, 5) is 11.0. The summed E-state index contributed by atoms with van der Waals surface area (Å²) in [6.07, 6.45) is 5.66. The lowest BCUT2D eigenvalue weighted by Gasteiger charge is -2.32. The molecule has 0 spiro atoms. The molecule has 4 rings (SSSR count). The van der Waals surface area contributed by atoms with E-state index in [0.717, 1.165) is 54.7 Å². The number of nitrogens with zero attached hydrogens (tertiary/aromatic N) is 5. The van der Waals surface area contributed by atoms with E-state index in [2.05, 4.69) is 25.3 Å². The van der Waals surface area contributed by atoms with Gasteiger partial charge in [0.2, 0.25) is 0 Å². The molecule has 2 N–H and O–H groups in total. The fourth-order valence-corrected chi connectivity index (χ4v) is 3.55. The van der Waals surface area contributed by atoms with Gasteiger partial charge < -0.3 is 20.1 Å². The van der Waals surface area contributed by atoms with Gasteiger partial charge in [0.15, 0.2) is 0 Å². The van der Waals surface area contributed by atoms with Crippen LogP contribution < -0.4 is 15.0 Å². The number of hydrogen-bond donors (Lipinski definition) is 2. The van der Waals surface area contributed by atoms with Crippen molar-refractivity contribution < 1.29 is 9.84 Å². The first-order valence-electron chi connectivity index (χ1n) is 9.86. The number of anilines is 2. The highest BCUT2D eigenvalue weighted by atomic mass is 16.5. The van der Waals surface area contributed by atoms with Gasteiger partial charge in [0.1, 0.15) is 23.7 Å². The summed E-state index contributed by atoms with van der Waals surface area (Å²) in [5.41, 5.74) is 1.89. The molecule has 1 unspecified atom stereocenters. The molecule has 8 nitrogen and oxygen atoms in total. The first-order chi connectivity index (χ1) is 14.2. The number of methoxy groups -OCH3 is 1. The molecule has 1 aromatic carbocycles. The van der Waals surface area contributed by atoms with E-state index in [1.54, 1.807) is 13.4 Å². The topological polar surface area (TPSA) is 88.3 Å². The highest BCUT2D eigenvalue weighted by Crippen LogP contribution is 2.22. The third-order valence-corrected chi connectivity index (χ3v) is 5.19. The van der Waals surface area contributed by atoms with Crippen LogP contribution in [0.4, 0.5) is 11.6 Å². The van der Waals surface area contributed by atoms with Gasteiger partial charge in [-0.05, 0) is 49.1 Å². The second-order valence-electron chi connectivity index (χ2n) is 7.20. The van der Waals surface area contributed by atoms with Crippen LogP contribution in [-0.2, 0) is 6.54 Å². The van der Waals surface area contributed by atoms with Gasteiger partial charge in [0.25, 0.3) is 0 Å². The van der Waals surface area contributed by atoms with Crippen molar-refractivity contribution in [2.75, 3.05) is 37.0 Å². The molecule has 1 fully saturated rings. The van der Waals surface area contributed by atoms with E-state index >= 15 is 0 Å². The lowest BCUT2D eigenvalue weighted by Crippen LogP contribution is -2.37. The smallest absolute Gasteiger partial charge is 0.134 e. The van der Waals surface area contributed by atoms with Crippen LogP contribution in [0.5, 0.6) is 5.75 Å². The number of aromatic nitrogens is 4. The van der Waals surface area contributed by atoms with E-state index in [9.17, 15) is 5.11 Å². The van der Waals surface area contributed by atoms with Crippen LogP contribution >= 0.6 is 0 Å². The average Bonchev–Trinajstić information content (AvgIpc) is 3.27. The summed E-state index contributed by atoms with van der Waals surface area (Å²) >= 11 is 0. The molecule has 3 aromatic rings. The highest BCUT2D eigenvalue weighted by Gasteiger charge is 2.20. The Balaban J connectivity index is 1.38. The third kappa shape index (κ3) is 4.65. The SMILES string of the molecule is COc1ccc(-n2ccc(CNc3cc(N4CCCC(CO)C4)ncn3)n2)cc1. The molecule has 0 bridgehead atoms. The molecule has 0 aliphatic carbocycles. The Morgan fingerprint density at radius 1 is 1.21 bits per heavy atom. The second-order valence-corrected chi connectivity index (χ2v) is 7.20. The van der Waals surface area contributed by atoms with Gasteiger partial charge in [-0.1, -0.05) is 0 Å². The van der Waals surface area contributed by atoms with Gasteiger partial charge in [0, 0.05) is 32.0 Å². The van der Waals surface area contributed by atoms with E-state index in [1.807, 2.05) is 47.3 Å². The molecule has 1 saturated heterocycles. The number of aliphatic hydroxyl groups is 1. The Bertz CT molecular complexity index is 927. The predicted octanol–water partition coefficient (Wildman–Crippen LogP) is 2.49. The van der Waals surface area contributed by atoms with Gasteiger partial charge in [-0.3, -0.25) is 0 Å². The van der Waals surface area contributed by atoms with Crippen molar-refractivity contribution in [3.05, 3.63) is 54.6 Å².